The molecule has 0 bridgehead atoms. The third-order valence-corrected chi connectivity index (χ3v) is 3.98. The SMILES string of the molecule is CCCCCCCCCCCCCCCCCC(=O)[O-].[Mg+2]. The van der Waals surface area contributed by atoms with Crippen LogP contribution in [0.3, 0.4) is 0 Å². The normalized spacial score (nSPS) is 10.3. The molecule has 3 heteroatoms. The van der Waals surface area contributed by atoms with E-state index < -0.39 is 5.97 Å². The predicted octanol–water partition coefficient (Wildman–Crippen LogP) is 4.62. The van der Waals surface area contributed by atoms with Crippen molar-refractivity contribution in [2.75, 3.05) is 0 Å². The van der Waals surface area contributed by atoms with Crippen molar-refractivity contribution in [3.63, 3.8) is 0 Å². The predicted molar refractivity (Wildman–Crippen MR) is 90.3 cm³/mol. The number of carbonyl (C=O) groups is 1. The number of hydrogen-bond donors (Lipinski definition) is 0. The molecule has 2 nitrogen and oxygen atoms in total. The van der Waals surface area contributed by atoms with Gasteiger partial charge >= 0.3 is 23.1 Å². The quantitative estimate of drug-likeness (QED) is 0.308. The van der Waals surface area contributed by atoms with Crippen LogP contribution in [0.25, 0.3) is 0 Å². The molecule has 0 unspecified atom stereocenters. The molecule has 0 aromatic carbocycles. The van der Waals surface area contributed by atoms with Gasteiger partial charge in [-0.2, -0.15) is 0 Å². The molecule has 0 amide bonds. The molecular weight excluding hydrogens is 273 g/mol. The molecule has 0 saturated heterocycles. The van der Waals surface area contributed by atoms with E-state index in [1.54, 1.807) is 0 Å². The minimum Gasteiger partial charge on any atom is -0.550 e. The summed E-state index contributed by atoms with van der Waals surface area (Å²) in [5.74, 6) is -0.903. The minimum atomic E-state index is -0.903. The van der Waals surface area contributed by atoms with E-state index in [0.29, 0.717) is 0 Å². The number of carboxylic acids is 1. The average Bonchev–Trinajstić information content (AvgIpc) is 2.43. The number of hydrogen-bond acceptors (Lipinski definition) is 2. The molecule has 21 heavy (non-hydrogen) atoms. The summed E-state index contributed by atoms with van der Waals surface area (Å²) in [5.41, 5.74) is 0. The summed E-state index contributed by atoms with van der Waals surface area (Å²) in [7, 11) is 0. The zero-order valence-electron chi connectivity index (χ0n) is 14.3. The van der Waals surface area contributed by atoms with E-state index in [9.17, 15) is 9.90 Å². The Hall–Kier alpha value is 0.236. The maximum absolute atomic E-state index is 10.2. The molecular formula is C18H35MgO2+. The van der Waals surface area contributed by atoms with Gasteiger partial charge in [-0.3, -0.25) is 0 Å². The summed E-state index contributed by atoms with van der Waals surface area (Å²) in [6.07, 6.45) is 19.9. The summed E-state index contributed by atoms with van der Waals surface area (Å²) in [5, 5.41) is 10.2. The van der Waals surface area contributed by atoms with Crippen LogP contribution in [0.2, 0.25) is 0 Å². The summed E-state index contributed by atoms with van der Waals surface area (Å²) in [6.45, 7) is 2.27. The maximum atomic E-state index is 10.2. The van der Waals surface area contributed by atoms with Crippen LogP contribution < -0.4 is 5.11 Å². The number of unbranched alkanes of at least 4 members (excludes halogenated alkanes) is 14. The second-order valence-corrected chi connectivity index (χ2v) is 6.07. The van der Waals surface area contributed by atoms with E-state index in [1.807, 2.05) is 0 Å². The first kappa shape index (κ1) is 23.5. The van der Waals surface area contributed by atoms with Crippen LogP contribution >= 0.6 is 0 Å². The fourth-order valence-corrected chi connectivity index (χ4v) is 2.64. The van der Waals surface area contributed by atoms with Crippen LogP contribution in [0.4, 0.5) is 0 Å². The minimum absolute atomic E-state index is 0. The molecule has 0 fully saturated rings. The molecule has 0 rings (SSSR count). The summed E-state index contributed by atoms with van der Waals surface area (Å²) in [6, 6.07) is 0. The van der Waals surface area contributed by atoms with Gasteiger partial charge in [0.2, 0.25) is 0 Å². The van der Waals surface area contributed by atoms with Gasteiger partial charge in [0.25, 0.3) is 0 Å². The number of rotatable bonds is 16. The Labute approximate surface area is 148 Å². The maximum Gasteiger partial charge on any atom is 2.00 e. The van der Waals surface area contributed by atoms with Crippen LogP contribution in [-0.2, 0) is 4.79 Å². The van der Waals surface area contributed by atoms with Crippen LogP contribution in [0.1, 0.15) is 110 Å². The van der Waals surface area contributed by atoms with Crippen molar-refractivity contribution in [2.24, 2.45) is 0 Å². The van der Waals surface area contributed by atoms with E-state index >= 15 is 0 Å². The van der Waals surface area contributed by atoms with Gasteiger partial charge in [0.15, 0.2) is 0 Å². The fraction of sp³-hybridized carbons (Fsp3) is 0.944. The average molecular weight is 308 g/mol. The van der Waals surface area contributed by atoms with Crippen molar-refractivity contribution in [3.8, 4) is 0 Å². The van der Waals surface area contributed by atoms with Crippen molar-refractivity contribution in [1.29, 1.82) is 0 Å². The van der Waals surface area contributed by atoms with Gasteiger partial charge in [-0.15, -0.1) is 0 Å². The first-order chi connectivity index (χ1) is 9.77. The van der Waals surface area contributed by atoms with Crippen molar-refractivity contribution in [1.82, 2.24) is 0 Å². The van der Waals surface area contributed by atoms with Crippen molar-refractivity contribution < 1.29 is 9.90 Å². The fourth-order valence-electron chi connectivity index (χ4n) is 2.64. The van der Waals surface area contributed by atoms with Crippen molar-refractivity contribution in [3.05, 3.63) is 0 Å². The molecule has 120 valence electrons. The van der Waals surface area contributed by atoms with Gasteiger partial charge in [-0.25, -0.2) is 0 Å². The van der Waals surface area contributed by atoms with Crippen molar-refractivity contribution >= 4 is 29.0 Å². The molecule has 0 aliphatic carbocycles. The van der Waals surface area contributed by atoms with Gasteiger partial charge < -0.3 is 9.90 Å². The topological polar surface area (TPSA) is 40.1 Å². The molecule has 0 aromatic rings. The molecule has 0 spiro atoms. The van der Waals surface area contributed by atoms with Gasteiger partial charge in [0, 0.05) is 5.97 Å². The van der Waals surface area contributed by atoms with E-state index in [4.69, 9.17) is 0 Å². The Balaban J connectivity index is 0. The molecule has 0 heterocycles. The Morgan fingerprint density at radius 3 is 1.19 bits per heavy atom. The van der Waals surface area contributed by atoms with E-state index in [-0.39, 0.29) is 29.5 Å². The van der Waals surface area contributed by atoms with Gasteiger partial charge in [-0.05, 0) is 12.8 Å². The zero-order valence-corrected chi connectivity index (χ0v) is 15.8. The summed E-state index contributed by atoms with van der Waals surface area (Å²) >= 11 is 0. The zero-order chi connectivity index (χ0) is 14.9. The monoisotopic (exact) mass is 307 g/mol. The smallest absolute Gasteiger partial charge is 0.550 e. The molecule has 0 aliphatic rings. The Kier molecular flexibility index (Phi) is 22.6. The second-order valence-electron chi connectivity index (χ2n) is 6.07. The molecule has 0 aromatic heterocycles. The Bertz CT molecular complexity index is 207. The molecule has 0 radical (unpaired) electrons. The number of aliphatic carboxylic acids is 1. The van der Waals surface area contributed by atoms with E-state index in [2.05, 4.69) is 6.92 Å². The van der Waals surface area contributed by atoms with E-state index in [1.165, 1.54) is 83.5 Å². The standard InChI is InChI=1S/C18H36O2.Mg/c1-2-3-4-5-6-7-8-9-10-11-12-13-14-15-16-17-18(19)20;/h2-17H2,1H3,(H,19,20);/q;+2/p-1. The number of carboxylic acid groups (broad SMARTS) is 1. The largest absolute Gasteiger partial charge is 2.00 e. The first-order valence-electron chi connectivity index (χ1n) is 8.97. The summed E-state index contributed by atoms with van der Waals surface area (Å²) in [4.78, 5) is 10.2. The third kappa shape index (κ3) is 22.7. The van der Waals surface area contributed by atoms with Crippen LogP contribution in [0, 0.1) is 0 Å². The Morgan fingerprint density at radius 2 is 0.905 bits per heavy atom. The van der Waals surface area contributed by atoms with Gasteiger partial charge in [0.05, 0.1) is 0 Å². The van der Waals surface area contributed by atoms with Gasteiger partial charge in [0.1, 0.15) is 0 Å². The second kappa shape index (κ2) is 20.2. The Morgan fingerprint density at radius 1 is 0.619 bits per heavy atom. The third-order valence-electron chi connectivity index (χ3n) is 3.98. The molecule has 0 N–H and O–H groups in total. The van der Waals surface area contributed by atoms with Crippen LogP contribution in [0.15, 0.2) is 0 Å². The van der Waals surface area contributed by atoms with Gasteiger partial charge in [-0.1, -0.05) is 96.8 Å². The molecule has 0 atom stereocenters. The summed E-state index contributed by atoms with van der Waals surface area (Å²) < 4.78 is 0. The van der Waals surface area contributed by atoms with Crippen LogP contribution in [0.5, 0.6) is 0 Å². The molecule has 0 aliphatic heterocycles. The van der Waals surface area contributed by atoms with E-state index in [0.717, 1.165) is 12.8 Å². The number of carbonyl (C=O) groups excluding carboxylic acids is 1. The first-order valence-corrected chi connectivity index (χ1v) is 8.97. The molecule has 0 saturated carbocycles. The van der Waals surface area contributed by atoms with Crippen LogP contribution in [-0.4, -0.2) is 29.0 Å². The van der Waals surface area contributed by atoms with Crippen molar-refractivity contribution in [2.45, 2.75) is 110 Å².